The summed E-state index contributed by atoms with van der Waals surface area (Å²) in [6.07, 6.45) is 6.40. The van der Waals surface area contributed by atoms with Crippen LogP contribution in [-0.2, 0) is 0 Å². The zero-order chi connectivity index (χ0) is 13.4. The molecule has 4 heteroatoms. The molecule has 2 nitrogen and oxygen atoms in total. The molecule has 19 heavy (non-hydrogen) atoms. The first-order valence-corrected chi connectivity index (χ1v) is 7.79. The molecule has 1 aliphatic rings. The number of benzene rings is 1. The highest BCUT2D eigenvalue weighted by Crippen LogP contribution is 2.35. The highest BCUT2D eigenvalue weighted by Gasteiger charge is 2.23. The molecule has 0 saturated heterocycles. The minimum absolute atomic E-state index is 0.0758. The van der Waals surface area contributed by atoms with Gasteiger partial charge in [-0.2, -0.15) is 0 Å². The number of imidazole rings is 1. The molecule has 1 fully saturated rings. The van der Waals surface area contributed by atoms with Gasteiger partial charge in [-0.3, -0.25) is 0 Å². The van der Waals surface area contributed by atoms with Crippen molar-refractivity contribution in [2.75, 3.05) is 0 Å². The predicted molar refractivity (Wildman–Crippen MR) is 81.1 cm³/mol. The molecule has 1 atom stereocenters. The summed E-state index contributed by atoms with van der Waals surface area (Å²) in [7, 11) is 0. The molecule has 2 aromatic rings. The Kier molecular flexibility index (Phi) is 3.72. The molecule has 0 spiro atoms. The van der Waals surface area contributed by atoms with Gasteiger partial charge < -0.3 is 4.57 Å². The van der Waals surface area contributed by atoms with Crippen molar-refractivity contribution in [3.63, 3.8) is 0 Å². The summed E-state index contributed by atoms with van der Waals surface area (Å²) in [6.45, 7) is 1.99. The van der Waals surface area contributed by atoms with Gasteiger partial charge in [-0.05, 0) is 38.0 Å². The van der Waals surface area contributed by atoms with Crippen LogP contribution in [0.5, 0.6) is 0 Å². The van der Waals surface area contributed by atoms with E-state index < -0.39 is 0 Å². The average Bonchev–Trinajstić information content (AvgIpc) is 2.78. The zero-order valence-electron chi connectivity index (χ0n) is 11.1. The minimum Gasteiger partial charge on any atom is -0.324 e. The monoisotopic (exact) mass is 296 g/mol. The summed E-state index contributed by atoms with van der Waals surface area (Å²) < 4.78 is 2.35. The summed E-state index contributed by atoms with van der Waals surface area (Å²) in [5.41, 5.74) is 2.12. The van der Waals surface area contributed by atoms with Crippen molar-refractivity contribution in [1.82, 2.24) is 9.55 Å². The first kappa shape index (κ1) is 13.3. The van der Waals surface area contributed by atoms with E-state index in [1.54, 1.807) is 0 Å². The third kappa shape index (κ3) is 2.48. The topological polar surface area (TPSA) is 17.8 Å². The van der Waals surface area contributed by atoms with Gasteiger partial charge in [0.05, 0.1) is 16.4 Å². The van der Waals surface area contributed by atoms with Crippen LogP contribution >= 0.6 is 23.2 Å². The largest absolute Gasteiger partial charge is 0.324 e. The molecule has 1 heterocycles. The number of aromatic nitrogens is 2. The van der Waals surface area contributed by atoms with Gasteiger partial charge in [0.15, 0.2) is 0 Å². The zero-order valence-corrected chi connectivity index (χ0v) is 12.6. The van der Waals surface area contributed by atoms with Gasteiger partial charge in [0.2, 0.25) is 0 Å². The Hall–Kier alpha value is -0.730. The molecule has 3 rings (SSSR count). The second kappa shape index (κ2) is 5.34. The summed E-state index contributed by atoms with van der Waals surface area (Å²) in [4.78, 5) is 4.69. The molecule has 102 valence electrons. The molecule has 0 aliphatic heterocycles. The minimum atomic E-state index is -0.0758. The van der Waals surface area contributed by atoms with Crippen LogP contribution in [0.2, 0.25) is 5.02 Å². The molecule has 1 unspecified atom stereocenters. The molecule has 0 N–H and O–H groups in total. The first-order chi connectivity index (χ1) is 9.16. The van der Waals surface area contributed by atoms with Crippen molar-refractivity contribution in [2.45, 2.75) is 50.4 Å². The highest BCUT2D eigenvalue weighted by molar-refractivity contribution is 6.31. The second-order valence-electron chi connectivity index (χ2n) is 5.38. The summed E-state index contributed by atoms with van der Waals surface area (Å²) >= 11 is 12.4. The van der Waals surface area contributed by atoms with Crippen molar-refractivity contribution in [3.8, 4) is 0 Å². The Morgan fingerprint density at radius 1 is 1.26 bits per heavy atom. The lowest BCUT2D eigenvalue weighted by Crippen LogP contribution is -2.15. The Balaban J connectivity index is 2.15. The number of hydrogen-bond donors (Lipinski definition) is 0. The van der Waals surface area contributed by atoms with Gasteiger partial charge >= 0.3 is 0 Å². The van der Waals surface area contributed by atoms with Crippen molar-refractivity contribution in [1.29, 1.82) is 0 Å². The normalized spacial score (nSPS) is 18.9. The fourth-order valence-electron chi connectivity index (χ4n) is 3.09. The van der Waals surface area contributed by atoms with E-state index in [4.69, 9.17) is 28.2 Å². The number of fused-ring (bicyclic) bond motifs is 1. The van der Waals surface area contributed by atoms with E-state index in [0.717, 1.165) is 16.4 Å². The van der Waals surface area contributed by atoms with Crippen LogP contribution in [0, 0.1) is 0 Å². The van der Waals surface area contributed by atoms with E-state index >= 15 is 0 Å². The van der Waals surface area contributed by atoms with Crippen LogP contribution in [0.15, 0.2) is 18.2 Å². The Morgan fingerprint density at radius 3 is 2.68 bits per heavy atom. The maximum Gasteiger partial charge on any atom is 0.127 e. The second-order valence-corrected chi connectivity index (χ2v) is 6.47. The van der Waals surface area contributed by atoms with Crippen LogP contribution in [0.25, 0.3) is 11.0 Å². The summed E-state index contributed by atoms with van der Waals surface area (Å²) in [6, 6.07) is 6.48. The molecule has 0 bridgehead atoms. The van der Waals surface area contributed by atoms with Crippen LogP contribution < -0.4 is 0 Å². The molecular weight excluding hydrogens is 279 g/mol. The Morgan fingerprint density at radius 2 is 2.00 bits per heavy atom. The molecule has 0 radical (unpaired) electrons. The smallest absolute Gasteiger partial charge is 0.127 e. The van der Waals surface area contributed by atoms with Crippen LogP contribution in [0.4, 0.5) is 0 Å². The molecule has 0 amide bonds. The van der Waals surface area contributed by atoms with Gasteiger partial charge in [-0.1, -0.05) is 30.9 Å². The fourth-order valence-corrected chi connectivity index (χ4v) is 3.41. The van der Waals surface area contributed by atoms with Crippen molar-refractivity contribution in [2.24, 2.45) is 0 Å². The first-order valence-electron chi connectivity index (χ1n) is 6.98. The number of halogens is 2. The quantitative estimate of drug-likeness (QED) is 0.670. The number of rotatable bonds is 2. The highest BCUT2D eigenvalue weighted by atomic mass is 35.5. The van der Waals surface area contributed by atoms with Crippen molar-refractivity contribution >= 4 is 34.2 Å². The van der Waals surface area contributed by atoms with Gasteiger partial charge in [0, 0.05) is 11.1 Å². The maximum absolute atomic E-state index is 6.32. The summed E-state index contributed by atoms with van der Waals surface area (Å²) in [5.74, 6) is 0.978. The summed E-state index contributed by atoms with van der Waals surface area (Å²) in [5, 5.41) is 0.655. The molecule has 1 aliphatic carbocycles. The lowest BCUT2D eigenvalue weighted by molar-refractivity contribution is 0.352. The van der Waals surface area contributed by atoms with E-state index in [-0.39, 0.29) is 5.38 Å². The standard InChI is InChI=1S/C15H18Cl2N2/c1-10(16)15-18-13-9-11(17)7-8-14(13)19(15)12-5-3-2-4-6-12/h7-10,12H,2-6H2,1H3. The van der Waals surface area contributed by atoms with Crippen LogP contribution in [0.1, 0.15) is 56.3 Å². The predicted octanol–water partition coefficient (Wildman–Crippen LogP) is 5.49. The van der Waals surface area contributed by atoms with Crippen molar-refractivity contribution in [3.05, 3.63) is 29.0 Å². The van der Waals surface area contributed by atoms with Gasteiger partial charge in [-0.25, -0.2) is 4.98 Å². The number of nitrogens with zero attached hydrogens (tertiary/aromatic N) is 2. The van der Waals surface area contributed by atoms with Gasteiger partial charge in [0.1, 0.15) is 5.82 Å². The van der Waals surface area contributed by atoms with Crippen molar-refractivity contribution < 1.29 is 0 Å². The van der Waals surface area contributed by atoms with Gasteiger partial charge in [0.25, 0.3) is 0 Å². The lowest BCUT2D eigenvalue weighted by atomic mass is 9.95. The van der Waals surface area contributed by atoms with E-state index in [0.29, 0.717) is 6.04 Å². The van der Waals surface area contributed by atoms with E-state index in [1.807, 2.05) is 19.1 Å². The molecule has 1 aromatic carbocycles. The molecule has 1 aromatic heterocycles. The third-order valence-electron chi connectivity index (χ3n) is 3.97. The van der Waals surface area contributed by atoms with E-state index in [2.05, 4.69) is 10.6 Å². The van der Waals surface area contributed by atoms with Crippen LogP contribution in [-0.4, -0.2) is 9.55 Å². The molecular formula is C15H18Cl2N2. The number of hydrogen-bond acceptors (Lipinski definition) is 1. The maximum atomic E-state index is 6.32. The Bertz CT molecular complexity index is 583. The SMILES string of the molecule is CC(Cl)c1nc2cc(Cl)ccc2n1C1CCCCC1. The van der Waals surface area contributed by atoms with Gasteiger partial charge in [-0.15, -0.1) is 11.6 Å². The fraction of sp³-hybridized carbons (Fsp3) is 0.533. The Labute approximate surface area is 123 Å². The average molecular weight is 297 g/mol. The third-order valence-corrected chi connectivity index (χ3v) is 4.40. The number of alkyl halides is 1. The lowest BCUT2D eigenvalue weighted by Gasteiger charge is -2.26. The van der Waals surface area contributed by atoms with Crippen LogP contribution in [0.3, 0.4) is 0 Å². The van der Waals surface area contributed by atoms with E-state index in [1.165, 1.54) is 37.6 Å². The molecule has 1 saturated carbocycles. The van der Waals surface area contributed by atoms with E-state index in [9.17, 15) is 0 Å².